The molecule has 1 aromatic heterocycles. The predicted octanol–water partition coefficient (Wildman–Crippen LogP) is 2.62. The van der Waals surface area contributed by atoms with Gasteiger partial charge < -0.3 is 10.5 Å². The molecule has 0 saturated carbocycles. The number of ether oxygens (including phenoxy) is 1. The summed E-state index contributed by atoms with van der Waals surface area (Å²) in [5, 5.41) is 0.273. The third kappa shape index (κ3) is 2.31. The number of hydrogen-bond donors (Lipinski definition) is 1. The second kappa shape index (κ2) is 5.93. The highest BCUT2D eigenvalue weighted by Gasteiger charge is 2.26. The van der Waals surface area contributed by atoms with Gasteiger partial charge in [-0.15, -0.1) is 0 Å². The van der Waals surface area contributed by atoms with E-state index in [1.807, 2.05) is 37.3 Å². The van der Waals surface area contributed by atoms with Gasteiger partial charge in [0.2, 0.25) is 0 Å². The van der Waals surface area contributed by atoms with Crippen molar-refractivity contribution in [2.45, 2.75) is 26.2 Å². The standard InChI is InChI=1S/C17H18N2O2S/c1-2-21-17(22)14-12-9-6-10-13(12)15(18)19(16(14)20)11-7-4-3-5-8-11/h3-5,7-8H,2,6,9-10,18H2,1H3. The first-order chi connectivity index (χ1) is 10.6. The van der Waals surface area contributed by atoms with Crippen molar-refractivity contribution in [2.24, 2.45) is 0 Å². The van der Waals surface area contributed by atoms with E-state index in [4.69, 9.17) is 22.7 Å². The normalized spacial score (nSPS) is 13.0. The summed E-state index contributed by atoms with van der Waals surface area (Å²) in [5.41, 5.74) is 9.34. The van der Waals surface area contributed by atoms with E-state index in [9.17, 15) is 4.79 Å². The maximum atomic E-state index is 13.0. The Balaban J connectivity index is 2.31. The molecule has 2 aromatic rings. The number of anilines is 1. The molecule has 0 aliphatic heterocycles. The minimum atomic E-state index is -0.192. The third-order valence-corrected chi connectivity index (χ3v) is 4.30. The van der Waals surface area contributed by atoms with E-state index >= 15 is 0 Å². The van der Waals surface area contributed by atoms with Crippen molar-refractivity contribution in [2.75, 3.05) is 12.3 Å². The van der Waals surface area contributed by atoms with Crippen molar-refractivity contribution in [3.8, 4) is 5.69 Å². The van der Waals surface area contributed by atoms with Crippen LogP contribution in [0.5, 0.6) is 0 Å². The molecular weight excluding hydrogens is 296 g/mol. The third-order valence-electron chi connectivity index (χ3n) is 3.98. The molecule has 2 N–H and O–H groups in total. The van der Waals surface area contributed by atoms with E-state index in [-0.39, 0.29) is 10.6 Å². The van der Waals surface area contributed by atoms with E-state index in [0.717, 1.165) is 36.1 Å². The Bertz CT molecular complexity index is 781. The van der Waals surface area contributed by atoms with Gasteiger partial charge in [-0.1, -0.05) is 18.2 Å². The maximum Gasteiger partial charge on any atom is 0.268 e. The van der Waals surface area contributed by atoms with Gasteiger partial charge in [0, 0.05) is 0 Å². The van der Waals surface area contributed by atoms with Gasteiger partial charge in [-0.2, -0.15) is 0 Å². The summed E-state index contributed by atoms with van der Waals surface area (Å²) in [6.45, 7) is 2.31. The molecule has 0 atom stereocenters. The quantitative estimate of drug-likeness (QED) is 0.885. The van der Waals surface area contributed by atoms with Crippen LogP contribution in [0.3, 0.4) is 0 Å². The van der Waals surface area contributed by atoms with Crippen LogP contribution in [0, 0.1) is 0 Å². The molecule has 0 bridgehead atoms. The number of para-hydroxylation sites is 1. The number of nitrogens with two attached hydrogens (primary N) is 1. The van der Waals surface area contributed by atoms with Crippen LogP contribution in [0.1, 0.15) is 30.0 Å². The van der Waals surface area contributed by atoms with Crippen LogP contribution in [0.2, 0.25) is 0 Å². The van der Waals surface area contributed by atoms with Gasteiger partial charge in [-0.05, 0) is 61.7 Å². The highest BCUT2D eigenvalue weighted by Crippen LogP contribution is 2.30. The molecule has 1 aromatic carbocycles. The second-order valence-electron chi connectivity index (χ2n) is 5.27. The topological polar surface area (TPSA) is 57.2 Å². The summed E-state index contributed by atoms with van der Waals surface area (Å²) in [7, 11) is 0. The summed E-state index contributed by atoms with van der Waals surface area (Å²) in [6.07, 6.45) is 2.68. The molecule has 4 nitrogen and oxygen atoms in total. The first-order valence-corrected chi connectivity index (χ1v) is 7.84. The molecule has 3 rings (SSSR count). The minimum absolute atomic E-state index is 0.192. The Labute approximate surface area is 134 Å². The van der Waals surface area contributed by atoms with Crippen molar-refractivity contribution in [1.29, 1.82) is 0 Å². The predicted molar refractivity (Wildman–Crippen MR) is 91.8 cm³/mol. The van der Waals surface area contributed by atoms with Gasteiger partial charge in [0.05, 0.1) is 17.9 Å². The number of nitrogens with zero attached hydrogens (tertiary/aromatic N) is 1. The fourth-order valence-electron chi connectivity index (χ4n) is 3.03. The summed E-state index contributed by atoms with van der Waals surface area (Å²) in [4.78, 5) is 13.0. The molecule has 22 heavy (non-hydrogen) atoms. The molecule has 5 heteroatoms. The first-order valence-electron chi connectivity index (χ1n) is 7.44. The maximum absolute atomic E-state index is 13.0. The number of thiocarbonyl (C=S) groups is 1. The molecule has 1 aliphatic carbocycles. The molecule has 0 amide bonds. The molecule has 0 fully saturated rings. The van der Waals surface area contributed by atoms with E-state index < -0.39 is 0 Å². The van der Waals surface area contributed by atoms with Gasteiger partial charge >= 0.3 is 0 Å². The Hall–Kier alpha value is -2.14. The highest BCUT2D eigenvalue weighted by molar-refractivity contribution is 7.80. The zero-order valence-corrected chi connectivity index (χ0v) is 13.3. The van der Waals surface area contributed by atoms with Crippen LogP contribution in [0.15, 0.2) is 35.1 Å². The lowest BCUT2D eigenvalue weighted by Crippen LogP contribution is -2.30. The van der Waals surface area contributed by atoms with E-state index in [1.165, 1.54) is 0 Å². The molecule has 1 heterocycles. The average molecular weight is 314 g/mol. The number of rotatable bonds is 3. The van der Waals surface area contributed by atoms with Crippen molar-refractivity contribution < 1.29 is 4.74 Å². The number of aromatic nitrogens is 1. The van der Waals surface area contributed by atoms with E-state index in [0.29, 0.717) is 18.0 Å². The number of fused-ring (bicyclic) bond motifs is 1. The van der Waals surface area contributed by atoms with Gasteiger partial charge in [0.25, 0.3) is 5.56 Å². The number of hydrogen-bond acceptors (Lipinski definition) is 4. The van der Waals surface area contributed by atoms with Crippen LogP contribution in [0.4, 0.5) is 5.82 Å². The van der Waals surface area contributed by atoms with Gasteiger partial charge in [-0.3, -0.25) is 9.36 Å². The van der Waals surface area contributed by atoms with Crippen LogP contribution in [0.25, 0.3) is 5.69 Å². The average Bonchev–Trinajstić information content (AvgIpc) is 2.98. The summed E-state index contributed by atoms with van der Waals surface area (Å²) in [5.74, 6) is 0.520. The molecule has 1 aliphatic rings. The lowest BCUT2D eigenvalue weighted by molar-refractivity contribution is 0.337. The zero-order valence-electron chi connectivity index (χ0n) is 12.5. The Kier molecular flexibility index (Phi) is 3.98. The summed E-state index contributed by atoms with van der Waals surface area (Å²) in [6, 6.07) is 9.41. The van der Waals surface area contributed by atoms with Crippen molar-refractivity contribution >= 4 is 23.1 Å². The SMILES string of the molecule is CCOC(=S)c1c2c(c(N)n(-c3ccccc3)c1=O)CCC2. The van der Waals surface area contributed by atoms with Crippen molar-refractivity contribution in [1.82, 2.24) is 4.57 Å². The summed E-state index contributed by atoms with van der Waals surface area (Å²) >= 11 is 5.32. The highest BCUT2D eigenvalue weighted by atomic mass is 32.1. The van der Waals surface area contributed by atoms with Crippen LogP contribution in [-0.2, 0) is 17.6 Å². The van der Waals surface area contributed by atoms with Gasteiger partial charge in [0.1, 0.15) is 5.82 Å². The molecule has 0 radical (unpaired) electrons. The van der Waals surface area contributed by atoms with Crippen molar-refractivity contribution in [3.05, 3.63) is 57.4 Å². The second-order valence-corrected chi connectivity index (χ2v) is 5.64. The fraction of sp³-hybridized carbons (Fsp3) is 0.294. The Morgan fingerprint density at radius 1 is 1.27 bits per heavy atom. The number of nitrogen functional groups attached to an aromatic ring is 1. The monoisotopic (exact) mass is 314 g/mol. The summed E-state index contributed by atoms with van der Waals surface area (Å²) < 4.78 is 6.99. The first kappa shape index (κ1) is 14.8. The molecule has 0 saturated heterocycles. The molecule has 0 spiro atoms. The van der Waals surface area contributed by atoms with Crippen LogP contribution in [-0.4, -0.2) is 16.2 Å². The smallest absolute Gasteiger partial charge is 0.268 e. The van der Waals surface area contributed by atoms with Crippen LogP contribution >= 0.6 is 12.2 Å². The molecule has 114 valence electrons. The van der Waals surface area contributed by atoms with Gasteiger partial charge in [0.15, 0.2) is 5.05 Å². The molecule has 0 unspecified atom stereocenters. The van der Waals surface area contributed by atoms with Crippen molar-refractivity contribution in [3.63, 3.8) is 0 Å². The zero-order chi connectivity index (χ0) is 15.7. The largest absolute Gasteiger partial charge is 0.483 e. The minimum Gasteiger partial charge on any atom is -0.483 e. The molecular formula is C17H18N2O2S. The Morgan fingerprint density at radius 2 is 1.95 bits per heavy atom. The number of benzene rings is 1. The fourth-order valence-corrected chi connectivity index (χ4v) is 3.36. The Morgan fingerprint density at radius 3 is 2.64 bits per heavy atom. The van der Waals surface area contributed by atoms with Gasteiger partial charge in [-0.25, -0.2) is 0 Å². The lowest BCUT2D eigenvalue weighted by Gasteiger charge is -2.17. The number of pyridine rings is 1. The van der Waals surface area contributed by atoms with E-state index in [1.54, 1.807) is 4.57 Å². The van der Waals surface area contributed by atoms with Crippen LogP contribution < -0.4 is 11.3 Å². The van der Waals surface area contributed by atoms with E-state index in [2.05, 4.69) is 0 Å². The lowest BCUT2D eigenvalue weighted by atomic mass is 10.1.